The molecule has 1 saturated carbocycles. The van der Waals surface area contributed by atoms with Crippen molar-refractivity contribution in [3.05, 3.63) is 52.4 Å². The van der Waals surface area contributed by atoms with Crippen molar-refractivity contribution in [2.24, 2.45) is 11.1 Å². The fraction of sp³-hybridized carbons (Fsp3) is 0.552. The summed E-state index contributed by atoms with van der Waals surface area (Å²) in [5.74, 6) is -9.60. The number of hydrogen-bond acceptors (Lipinski definition) is 9. The number of carbonyl (C=O) groups excluding carboxylic acids is 2. The molecule has 0 unspecified atom stereocenters. The minimum Gasteiger partial charge on any atom is -0.479 e. The number of nitrogens with one attached hydrogen (secondary N) is 1. The third-order valence-electron chi connectivity index (χ3n) is 8.55. The first kappa shape index (κ1) is 37.5. The van der Waals surface area contributed by atoms with Crippen LogP contribution in [0.1, 0.15) is 46.8 Å². The number of carboxylic acids is 2. The van der Waals surface area contributed by atoms with Gasteiger partial charge in [0.05, 0.1) is 12.2 Å². The Morgan fingerprint density at radius 3 is 2.10 bits per heavy atom. The molecule has 3 aliphatic rings. The number of nitrogens with two attached hydrogens (primary N) is 1. The zero-order chi connectivity index (χ0) is 36.6. The van der Waals surface area contributed by atoms with Crippen LogP contribution in [0, 0.1) is 22.9 Å². The molecule has 14 nitrogen and oxygen atoms in total. The van der Waals surface area contributed by atoms with Gasteiger partial charge in [0.1, 0.15) is 5.82 Å². The zero-order valence-electron chi connectivity index (χ0n) is 25.9. The van der Waals surface area contributed by atoms with Crippen molar-refractivity contribution in [1.82, 2.24) is 24.7 Å². The van der Waals surface area contributed by atoms with E-state index in [2.05, 4.69) is 15.2 Å². The molecule has 1 aromatic carbocycles. The van der Waals surface area contributed by atoms with Crippen LogP contribution in [0.2, 0.25) is 0 Å². The average molecular weight is 709 g/mol. The summed E-state index contributed by atoms with van der Waals surface area (Å²) in [7, 11) is 1.99. The number of aliphatic hydroxyl groups is 2. The normalized spacial score (nSPS) is 19.0. The number of aromatic nitrogens is 2. The van der Waals surface area contributed by atoms with Crippen molar-refractivity contribution in [1.29, 1.82) is 0 Å². The lowest BCUT2D eigenvalue weighted by Crippen LogP contribution is -2.65. The van der Waals surface area contributed by atoms with Crippen LogP contribution in [-0.2, 0) is 40.1 Å². The van der Waals surface area contributed by atoms with E-state index in [9.17, 15) is 45.5 Å². The molecule has 7 N–H and O–H groups in total. The Morgan fingerprint density at radius 2 is 1.57 bits per heavy atom. The monoisotopic (exact) mass is 708 g/mol. The lowest BCUT2D eigenvalue weighted by molar-refractivity contribution is -0.165. The molecule has 5 rings (SSSR count). The van der Waals surface area contributed by atoms with Crippen LogP contribution in [-0.4, -0.2) is 115 Å². The highest BCUT2D eigenvalue weighted by molar-refractivity contribution is 5.94. The Kier molecular flexibility index (Phi) is 11.0. The predicted octanol–water partition coefficient (Wildman–Crippen LogP) is 0.323. The molecule has 2 fully saturated rings. The van der Waals surface area contributed by atoms with E-state index < -0.39 is 71.5 Å². The summed E-state index contributed by atoms with van der Waals surface area (Å²) in [5.41, 5.74) is 5.51. The average Bonchev–Trinajstić information content (AvgIpc) is 3.37. The lowest BCUT2D eigenvalue weighted by atomic mass is 9.61. The van der Waals surface area contributed by atoms with E-state index in [1.165, 1.54) is 4.90 Å². The van der Waals surface area contributed by atoms with E-state index in [1.807, 2.05) is 7.05 Å². The minimum absolute atomic E-state index is 0.0305. The van der Waals surface area contributed by atoms with Gasteiger partial charge in [-0.2, -0.15) is 13.2 Å². The van der Waals surface area contributed by atoms with Gasteiger partial charge in [0.25, 0.3) is 5.91 Å². The van der Waals surface area contributed by atoms with Crippen molar-refractivity contribution < 1.29 is 65.9 Å². The Morgan fingerprint density at radius 1 is 1.00 bits per heavy atom. The first-order chi connectivity index (χ1) is 22.7. The summed E-state index contributed by atoms with van der Waals surface area (Å²) in [6.07, 6.45) is -8.43. The van der Waals surface area contributed by atoms with Crippen molar-refractivity contribution >= 4 is 23.8 Å². The molecule has 270 valence electrons. The Balaban J connectivity index is 0.000000471. The van der Waals surface area contributed by atoms with Gasteiger partial charge >= 0.3 is 18.1 Å². The number of aliphatic hydroxyl groups excluding tert-OH is 2. The molecule has 1 aromatic heterocycles. The van der Waals surface area contributed by atoms with Crippen LogP contribution in [0.4, 0.5) is 26.3 Å². The number of rotatable bonds is 9. The first-order valence-electron chi connectivity index (χ1n) is 14.9. The van der Waals surface area contributed by atoms with Gasteiger partial charge in [0.15, 0.2) is 29.5 Å². The largest absolute Gasteiger partial charge is 0.479 e. The number of benzene rings is 1. The first-order valence-corrected chi connectivity index (χ1v) is 14.9. The summed E-state index contributed by atoms with van der Waals surface area (Å²) < 4.78 is 82.7. The van der Waals surface area contributed by atoms with Crippen molar-refractivity contribution in [2.75, 3.05) is 26.7 Å². The predicted molar refractivity (Wildman–Crippen MR) is 153 cm³/mol. The van der Waals surface area contributed by atoms with Gasteiger partial charge in [-0.05, 0) is 43.4 Å². The van der Waals surface area contributed by atoms with Crippen molar-refractivity contribution in [3.8, 4) is 0 Å². The SMILES string of the molecule is CN1CC2(CC(NC(=O)c3nc(C(F)(F)F)n4c3CN(C(=O)C[C@H](N)Cc3cc(F)c(F)cc3F)CC4)C2)C1.O=C(O)[C@H](O)[C@@H](O)C(=O)O. The second kappa shape index (κ2) is 14.3. The molecule has 3 heterocycles. The number of imidazole rings is 1. The molecule has 1 saturated heterocycles. The van der Waals surface area contributed by atoms with Crippen LogP contribution in [0.3, 0.4) is 0 Å². The van der Waals surface area contributed by atoms with E-state index in [-0.39, 0.29) is 60.9 Å². The van der Waals surface area contributed by atoms with Crippen molar-refractivity contribution in [3.63, 3.8) is 0 Å². The third kappa shape index (κ3) is 8.49. The molecule has 2 aromatic rings. The number of nitrogens with zero attached hydrogens (tertiary/aromatic N) is 4. The maximum atomic E-state index is 14.0. The van der Waals surface area contributed by atoms with Crippen LogP contribution in [0.5, 0.6) is 0 Å². The van der Waals surface area contributed by atoms with Crippen LogP contribution in [0.15, 0.2) is 12.1 Å². The molecule has 3 atom stereocenters. The van der Waals surface area contributed by atoms with Crippen molar-refractivity contribution in [2.45, 2.75) is 69.2 Å². The smallest absolute Gasteiger partial charge is 0.449 e. The van der Waals surface area contributed by atoms with E-state index in [1.54, 1.807) is 0 Å². The van der Waals surface area contributed by atoms with E-state index in [4.69, 9.17) is 26.2 Å². The fourth-order valence-corrected chi connectivity index (χ4v) is 6.38. The molecule has 2 aliphatic heterocycles. The zero-order valence-corrected chi connectivity index (χ0v) is 25.9. The van der Waals surface area contributed by atoms with E-state index in [0.29, 0.717) is 12.1 Å². The standard InChI is InChI=1S/C25H28F6N6O2.C4H6O6/c1-35-11-24(12-35)8-15(9-24)33-22(39)21-19-10-36(2-3-37(19)23(34-21)25(29,30)31)20(38)6-14(32)4-13-5-17(27)18(28)7-16(13)26;5-1(3(7)8)2(6)4(9)10/h5,7,14-15H,2-4,6,8-12,32H2,1H3,(H,33,39);1-2,5-6H,(H,7,8)(H,9,10)/t14-;1-,2-/m11/s1. The van der Waals surface area contributed by atoms with Gasteiger partial charge < -0.3 is 45.8 Å². The third-order valence-corrected chi connectivity index (χ3v) is 8.55. The summed E-state index contributed by atoms with van der Waals surface area (Å²) in [4.78, 5) is 52.5. The number of amides is 2. The molecule has 1 spiro atoms. The highest BCUT2D eigenvalue weighted by Gasteiger charge is 2.52. The second-order valence-electron chi connectivity index (χ2n) is 12.5. The minimum atomic E-state index is -4.80. The molecule has 0 radical (unpaired) electrons. The Hall–Kier alpha value is -4.27. The molecule has 0 bridgehead atoms. The summed E-state index contributed by atoms with van der Waals surface area (Å²) in [5, 5.41) is 35.3. The maximum absolute atomic E-state index is 14.0. The van der Waals surface area contributed by atoms with Gasteiger partial charge in [-0.3, -0.25) is 9.59 Å². The van der Waals surface area contributed by atoms with Gasteiger partial charge in [0.2, 0.25) is 11.7 Å². The molecule has 2 amide bonds. The number of carbonyl (C=O) groups is 4. The fourth-order valence-electron chi connectivity index (χ4n) is 6.38. The topological polar surface area (TPSA) is 212 Å². The quantitative estimate of drug-likeness (QED) is 0.154. The number of alkyl halides is 3. The molecule has 1 aliphatic carbocycles. The Labute approximate surface area is 274 Å². The summed E-state index contributed by atoms with van der Waals surface area (Å²) in [6.45, 7) is 1.22. The second-order valence-corrected chi connectivity index (χ2v) is 12.5. The highest BCUT2D eigenvalue weighted by Crippen LogP contribution is 2.47. The lowest BCUT2D eigenvalue weighted by Gasteiger charge is -2.58. The molecule has 49 heavy (non-hydrogen) atoms. The number of fused-ring (bicyclic) bond motifs is 1. The van der Waals surface area contributed by atoms with Gasteiger partial charge in [-0.1, -0.05) is 0 Å². The summed E-state index contributed by atoms with van der Waals surface area (Å²) >= 11 is 0. The Bertz CT molecular complexity index is 1590. The van der Waals surface area contributed by atoms with Crippen LogP contribution >= 0.6 is 0 Å². The number of carboxylic acid groups (broad SMARTS) is 2. The molecule has 20 heteroatoms. The van der Waals surface area contributed by atoms with Crippen LogP contribution < -0.4 is 11.1 Å². The van der Waals surface area contributed by atoms with E-state index in [0.717, 1.165) is 30.5 Å². The van der Waals surface area contributed by atoms with E-state index >= 15 is 0 Å². The van der Waals surface area contributed by atoms with Gasteiger partial charge in [-0.25, -0.2) is 27.7 Å². The maximum Gasteiger partial charge on any atom is 0.449 e. The van der Waals surface area contributed by atoms with Crippen LogP contribution in [0.25, 0.3) is 0 Å². The number of hydrogen-bond donors (Lipinski definition) is 6. The molecular formula is C29H34F6N6O8. The van der Waals surface area contributed by atoms with Gasteiger partial charge in [0, 0.05) is 50.7 Å². The summed E-state index contributed by atoms with van der Waals surface area (Å²) in [6, 6.07) is -0.0581. The molecular weight excluding hydrogens is 674 g/mol. The number of halogens is 6. The van der Waals surface area contributed by atoms with Gasteiger partial charge in [-0.15, -0.1) is 0 Å². The highest BCUT2D eigenvalue weighted by atomic mass is 19.4. The number of likely N-dealkylation sites (tertiary alicyclic amines) is 1. The number of aliphatic carboxylic acids is 2.